The molecule has 2 aromatic rings. The first-order valence-electron chi connectivity index (χ1n) is 4.79. The van der Waals surface area contributed by atoms with Crippen molar-refractivity contribution in [3.63, 3.8) is 0 Å². The van der Waals surface area contributed by atoms with E-state index in [0.717, 1.165) is 16.7 Å². The zero-order valence-corrected chi connectivity index (χ0v) is 8.90. The summed E-state index contributed by atoms with van der Waals surface area (Å²) in [4.78, 5) is 8.57. The van der Waals surface area contributed by atoms with Crippen LogP contribution in [0.3, 0.4) is 0 Å². The zero-order valence-electron chi connectivity index (χ0n) is 8.90. The second-order valence-corrected chi connectivity index (χ2v) is 3.47. The molecule has 15 heavy (non-hydrogen) atoms. The van der Waals surface area contributed by atoms with Gasteiger partial charge in [-0.3, -0.25) is 4.57 Å². The molecule has 80 valence electrons. The smallest absolute Gasteiger partial charge is 0.202 e. The molecule has 5 nitrogen and oxygen atoms in total. The maximum atomic E-state index is 5.80. The van der Waals surface area contributed by atoms with Gasteiger partial charge < -0.3 is 10.5 Å². The number of nitrogen functional groups attached to an aromatic ring is 1. The summed E-state index contributed by atoms with van der Waals surface area (Å²) in [6, 6.07) is 1.97. The van der Waals surface area contributed by atoms with Gasteiger partial charge in [0.15, 0.2) is 5.65 Å². The Labute approximate surface area is 87.9 Å². The number of hydrogen-bond acceptors (Lipinski definition) is 4. The Balaban J connectivity index is 2.48. The number of aromatic nitrogens is 3. The fourth-order valence-electron chi connectivity index (χ4n) is 1.53. The van der Waals surface area contributed by atoms with Crippen LogP contribution in [0.2, 0.25) is 0 Å². The SMILES string of the molecule is COCCn1c(N)nc2cc(C)cnc21. The monoisotopic (exact) mass is 206 g/mol. The molecular weight excluding hydrogens is 192 g/mol. The summed E-state index contributed by atoms with van der Waals surface area (Å²) in [5.74, 6) is 0.486. The van der Waals surface area contributed by atoms with Crippen molar-refractivity contribution in [2.24, 2.45) is 0 Å². The van der Waals surface area contributed by atoms with Crippen molar-refractivity contribution in [1.82, 2.24) is 14.5 Å². The van der Waals surface area contributed by atoms with Crippen molar-refractivity contribution in [2.75, 3.05) is 19.5 Å². The van der Waals surface area contributed by atoms with E-state index in [4.69, 9.17) is 10.5 Å². The van der Waals surface area contributed by atoms with Crippen molar-refractivity contribution in [1.29, 1.82) is 0 Å². The van der Waals surface area contributed by atoms with Gasteiger partial charge in [-0.05, 0) is 18.6 Å². The van der Waals surface area contributed by atoms with E-state index >= 15 is 0 Å². The quantitative estimate of drug-likeness (QED) is 0.812. The molecule has 0 saturated carbocycles. The van der Waals surface area contributed by atoms with Gasteiger partial charge in [-0.25, -0.2) is 9.97 Å². The number of rotatable bonds is 3. The van der Waals surface area contributed by atoms with E-state index in [1.807, 2.05) is 23.8 Å². The molecule has 2 rings (SSSR count). The highest BCUT2D eigenvalue weighted by Gasteiger charge is 2.08. The van der Waals surface area contributed by atoms with Gasteiger partial charge in [-0.1, -0.05) is 0 Å². The van der Waals surface area contributed by atoms with Gasteiger partial charge in [0.1, 0.15) is 5.52 Å². The second kappa shape index (κ2) is 3.86. The molecule has 0 aliphatic rings. The van der Waals surface area contributed by atoms with Gasteiger partial charge >= 0.3 is 0 Å². The van der Waals surface area contributed by atoms with E-state index in [9.17, 15) is 0 Å². The van der Waals surface area contributed by atoms with Gasteiger partial charge in [0, 0.05) is 13.3 Å². The Bertz CT molecular complexity index is 477. The van der Waals surface area contributed by atoms with Crippen LogP contribution >= 0.6 is 0 Å². The Morgan fingerprint density at radius 2 is 2.33 bits per heavy atom. The van der Waals surface area contributed by atoms with Crippen LogP contribution in [0.15, 0.2) is 12.3 Å². The van der Waals surface area contributed by atoms with Gasteiger partial charge in [-0.2, -0.15) is 0 Å². The van der Waals surface area contributed by atoms with Crippen molar-refractivity contribution >= 4 is 17.1 Å². The lowest BCUT2D eigenvalue weighted by atomic mass is 10.3. The van der Waals surface area contributed by atoms with Gasteiger partial charge in [0.05, 0.1) is 13.2 Å². The Kier molecular flexibility index (Phi) is 2.55. The number of nitrogens with zero attached hydrogens (tertiary/aromatic N) is 3. The Hall–Kier alpha value is -1.62. The van der Waals surface area contributed by atoms with Crippen molar-refractivity contribution < 1.29 is 4.74 Å². The van der Waals surface area contributed by atoms with Gasteiger partial charge in [-0.15, -0.1) is 0 Å². The molecule has 2 N–H and O–H groups in total. The Morgan fingerprint density at radius 3 is 3.07 bits per heavy atom. The normalized spacial score (nSPS) is 11.1. The van der Waals surface area contributed by atoms with E-state index < -0.39 is 0 Å². The molecule has 0 aliphatic heterocycles. The summed E-state index contributed by atoms with van der Waals surface area (Å²) < 4.78 is 6.87. The number of anilines is 1. The van der Waals surface area contributed by atoms with E-state index in [-0.39, 0.29) is 0 Å². The minimum Gasteiger partial charge on any atom is -0.383 e. The fourth-order valence-corrected chi connectivity index (χ4v) is 1.53. The number of imidazole rings is 1. The number of methoxy groups -OCH3 is 1. The number of pyridine rings is 1. The predicted molar refractivity (Wildman–Crippen MR) is 58.6 cm³/mol. The maximum absolute atomic E-state index is 5.80. The van der Waals surface area contributed by atoms with Crippen LogP contribution in [0.5, 0.6) is 0 Å². The average molecular weight is 206 g/mol. The summed E-state index contributed by atoms with van der Waals surface area (Å²) >= 11 is 0. The molecule has 0 amide bonds. The number of fused-ring (bicyclic) bond motifs is 1. The molecule has 0 aromatic carbocycles. The minimum absolute atomic E-state index is 0.486. The van der Waals surface area contributed by atoms with Crippen LogP contribution in [0.1, 0.15) is 5.56 Å². The van der Waals surface area contributed by atoms with Crippen LogP contribution in [-0.4, -0.2) is 28.3 Å². The predicted octanol–water partition coefficient (Wildman–Crippen LogP) is 0.968. The zero-order chi connectivity index (χ0) is 10.8. The Morgan fingerprint density at radius 1 is 1.53 bits per heavy atom. The average Bonchev–Trinajstić information content (AvgIpc) is 2.50. The molecule has 2 aromatic heterocycles. The van der Waals surface area contributed by atoms with Crippen LogP contribution in [0.25, 0.3) is 11.2 Å². The summed E-state index contributed by atoms with van der Waals surface area (Å²) in [5.41, 5.74) is 8.53. The highest BCUT2D eigenvalue weighted by atomic mass is 16.5. The molecule has 0 unspecified atom stereocenters. The molecule has 2 heterocycles. The number of hydrogen-bond donors (Lipinski definition) is 1. The lowest BCUT2D eigenvalue weighted by Gasteiger charge is -2.04. The maximum Gasteiger partial charge on any atom is 0.202 e. The van der Waals surface area contributed by atoms with Crippen LogP contribution < -0.4 is 5.73 Å². The number of ether oxygens (including phenoxy) is 1. The third kappa shape index (κ3) is 1.78. The van der Waals surface area contributed by atoms with Crippen molar-refractivity contribution in [3.8, 4) is 0 Å². The summed E-state index contributed by atoms with van der Waals surface area (Å²) in [5, 5.41) is 0. The van der Waals surface area contributed by atoms with Crippen molar-refractivity contribution in [2.45, 2.75) is 13.5 Å². The van der Waals surface area contributed by atoms with Gasteiger partial charge in [0.25, 0.3) is 0 Å². The van der Waals surface area contributed by atoms with E-state index in [2.05, 4.69) is 9.97 Å². The molecule has 0 saturated heterocycles. The van der Waals surface area contributed by atoms with E-state index in [1.54, 1.807) is 7.11 Å². The second-order valence-electron chi connectivity index (χ2n) is 3.47. The molecule has 0 fully saturated rings. The molecule has 0 bridgehead atoms. The number of aryl methyl sites for hydroxylation is 1. The standard InChI is InChI=1S/C10H14N4O/c1-7-5-8-9(12-6-7)14(3-4-15-2)10(11)13-8/h5-6H,3-4H2,1-2H3,(H2,11,13). The lowest BCUT2D eigenvalue weighted by molar-refractivity contribution is 0.188. The van der Waals surface area contributed by atoms with Crippen LogP contribution in [0.4, 0.5) is 5.95 Å². The lowest BCUT2D eigenvalue weighted by Crippen LogP contribution is -2.08. The highest BCUT2D eigenvalue weighted by molar-refractivity contribution is 5.74. The summed E-state index contributed by atoms with van der Waals surface area (Å²) in [6.45, 7) is 3.26. The largest absolute Gasteiger partial charge is 0.383 e. The topological polar surface area (TPSA) is 66.0 Å². The molecule has 0 radical (unpaired) electrons. The first kappa shape index (κ1) is 9.92. The highest BCUT2D eigenvalue weighted by Crippen LogP contribution is 2.16. The summed E-state index contributed by atoms with van der Waals surface area (Å²) in [7, 11) is 1.66. The minimum atomic E-state index is 0.486. The van der Waals surface area contributed by atoms with E-state index in [1.165, 1.54) is 0 Å². The fraction of sp³-hybridized carbons (Fsp3) is 0.400. The first-order chi connectivity index (χ1) is 7.22. The third-order valence-electron chi connectivity index (χ3n) is 2.27. The van der Waals surface area contributed by atoms with E-state index in [0.29, 0.717) is 19.1 Å². The molecule has 5 heteroatoms. The summed E-state index contributed by atoms with van der Waals surface area (Å²) in [6.07, 6.45) is 1.81. The first-order valence-corrected chi connectivity index (χ1v) is 4.79. The molecule has 0 atom stereocenters. The number of nitrogens with two attached hydrogens (primary N) is 1. The molecule has 0 spiro atoms. The van der Waals surface area contributed by atoms with Gasteiger partial charge in [0.2, 0.25) is 5.95 Å². The van der Waals surface area contributed by atoms with Crippen LogP contribution in [0, 0.1) is 6.92 Å². The molecular formula is C10H14N4O. The van der Waals surface area contributed by atoms with Crippen molar-refractivity contribution in [3.05, 3.63) is 17.8 Å². The third-order valence-corrected chi connectivity index (χ3v) is 2.27. The van der Waals surface area contributed by atoms with Crippen LogP contribution in [-0.2, 0) is 11.3 Å². The molecule has 0 aliphatic carbocycles.